The first-order chi connectivity index (χ1) is 14.2. The maximum Gasteiger partial charge on any atom is 0.294 e. The largest absolute Gasteiger partial charge is 0.336 e. The van der Waals surface area contributed by atoms with Crippen LogP contribution in [0.25, 0.3) is 0 Å². The number of nitrogens with zero attached hydrogens (tertiary/aromatic N) is 3. The molecule has 1 aliphatic rings. The molecule has 0 spiro atoms. The second-order valence-corrected chi connectivity index (χ2v) is 7.44. The number of carbonyl (C=O) groups is 2. The molecule has 1 heterocycles. The van der Waals surface area contributed by atoms with Crippen molar-refractivity contribution in [3.8, 4) is 0 Å². The summed E-state index contributed by atoms with van der Waals surface area (Å²) in [6, 6.07) is 8.42. The Morgan fingerprint density at radius 3 is 2.50 bits per heavy atom. The lowest BCUT2D eigenvalue weighted by Gasteiger charge is -2.34. The minimum absolute atomic E-state index is 0.0287. The van der Waals surface area contributed by atoms with Crippen LogP contribution < -0.4 is 5.32 Å². The Kier molecular flexibility index (Phi) is 6.63. The average molecular weight is 435 g/mol. The van der Waals surface area contributed by atoms with Gasteiger partial charge in [0, 0.05) is 42.8 Å². The molecule has 0 radical (unpaired) electrons. The van der Waals surface area contributed by atoms with E-state index in [0.717, 1.165) is 0 Å². The predicted octanol–water partition coefficient (Wildman–Crippen LogP) is 3.09. The second kappa shape index (κ2) is 9.19. The monoisotopic (exact) mass is 434 g/mol. The van der Waals surface area contributed by atoms with E-state index in [-0.39, 0.29) is 28.8 Å². The van der Waals surface area contributed by atoms with Crippen LogP contribution in [0.5, 0.6) is 0 Å². The summed E-state index contributed by atoms with van der Waals surface area (Å²) < 4.78 is 13.7. The van der Waals surface area contributed by atoms with E-state index in [0.29, 0.717) is 37.3 Å². The summed E-state index contributed by atoms with van der Waals surface area (Å²) in [5.41, 5.74) is 0.559. The van der Waals surface area contributed by atoms with Gasteiger partial charge in [0.25, 0.3) is 11.6 Å². The highest BCUT2D eigenvalue weighted by Gasteiger charge is 2.24. The smallest absolute Gasteiger partial charge is 0.294 e. The zero-order chi connectivity index (χ0) is 21.8. The van der Waals surface area contributed by atoms with Crippen molar-refractivity contribution in [3.63, 3.8) is 0 Å². The van der Waals surface area contributed by atoms with Crippen LogP contribution in [0.2, 0.25) is 5.02 Å². The molecule has 30 heavy (non-hydrogen) atoms. The van der Waals surface area contributed by atoms with Gasteiger partial charge in [0.15, 0.2) is 0 Å². The number of halogens is 2. The van der Waals surface area contributed by atoms with Gasteiger partial charge in [0.05, 0.1) is 11.5 Å². The van der Waals surface area contributed by atoms with Gasteiger partial charge in [-0.25, -0.2) is 4.39 Å². The summed E-state index contributed by atoms with van der Waals surface area (Å²) in [4.78, 5) is 38.8. The van der Waals surface area contributed by atoms with E-state index in [4.69, 9.17) is 11.6 Å². The Morgan fingerprint density at radius 1 is 1.17 bits per heavy atom. The number of nitrogens with one attached hydrogen (secondary N) is 1. The molecule has 1 saturated heterocycles. The lowest BCUT2D eigenvalue weighted by molar-refractivity contribution is -0.383. The second-order valence-electron chi connectivity index (χ2n) is 7.00. The van der Waals surface area contributed by atoms with Crippen LogP contribution in [-0.4, -0.2) is 59.3 Å². The first-order valence-electron chi connectivity index (χ1n) is 9.26. The van der Waals surface area contributed by atoms with Crippen LogP contribution in [0.15, 0.2) is 36.4 Å². The zero-order valence-corrected chi connectivity index (χ0v) is 17.0. The number of amides is 2. The fourth-order valence-corrected chi connectivity index (χ4v) is 3.34. The Balaban J connectivity index is 1.54. The maximum atomic E-state index is 13.7. The molecule has 0 atom stereocenters. The summed E-state index contributed by atoms with van der Waals surface area (Å²) in [6.45, 7) is 3.35. The van der Waals surface area contributed by atoms with Crippen molar-refractivity contribution in [1.29, 1.82) is 0 Å². The predicted molar refractivity (Wildman–Crippen MR) is 110 cm³/mol. The highest BCUT2D eigenvalue weighted by molar-refractivity contribution is 6.31. The lowest BCUT2D eigenvalue weighted by atomic mass is 10.1. The number of anilines is 1. The SMILES string of the molecule is Cc1ccc(C(=O)N2CCN(CC(=O)Nc3ccc(Cl)cc3[N+](=O)[O-])CC2)cc1F. The van der Waals surface area contributed by atoms with E-state index >= 15 is 0 Å². The van der Waals surface area contributed by atoms with Crippen molar-refractivity contribution in [2.75, 3.05) is 38.0 Å². The molecule has 8 nitrogen and oxygen atoms in total. The Labute approximate surface area is 177 Å². The van der Waals surface area contributed by atoms with Crippen molar-refractivity contribution in [1.82, 2.24) is 9.80 Å². The molecule has 2 aromatic carbocycles. The van der Waals surface area contributed by atoms with Crippen molar-refractivity contribution >= 4 is 34.8 Å². The number of aryl methyl sites for hydroxylation is 1. The fourth-order valence-electron chi connectivity index (χ4n) is 3.17. The molecule has 0 bridgehead atoms. The Morgan fingerprint density at radius 2 is 1.87 bits per heavy atom. The number of benzene rings is 2. The van der Waals surface area contributed by atoms with Gasteiger partial charge in [-0.05, 0) is 36.8 Å². The van der Waals surface area contributed by atoms with E-state index in [1.54, 1.807) is 24.0 Å². The normalized spacial score (nSPS) is 14.4. The zero-order valence-electron chi connectivity index (χ0n) is 16.2. The molecule has 2 aromatic rings. The summed E-state index contributed by atoms with van der Waals surface area (Å²) in [7, 11) is 0. The molecule has 2 amide bonds. The topological polar surface area (TPSA) is 95.8 Å². The van der Waals surface area contributed by atoms with Crippen LogP contribution in [0.4, 0.5) is 15.8 Å². The highest BCUT2D eigenvalue weighted by atomic mass is 35.5. The fraction of sp³-hybridized carbons (Fsp3) is 0.300. The van der Waals surface area contributed by atoms with Crippen molar-refractivity contribution in [2.24, 2.45) is 0 Å². The molecule has 1 aliphatic heterocycles. The van der Waals surface area contributed by atoms with Gasteiger partial charge < -0.3 is 10.2 Å². The Bertz CT molecular complexity index is 993. The summed E-state index contributed by atoms with van der Waals surface area (Å²) in [6.07, 6.45) is 0. The van der Waals surface area contributed by atoms with E-state index in [9.17, 15) is 24.1 Å². The number of rotatable bonds is 5. The molecular formula is C20H20ClFN4O4. The molecule has 0 aliphatic carbocycles. The number of hydrogen-bond acceptors (Lipinski definition) is 5. The third-order valence-electron chi connectivity index (χ3n) is 4.88. The minimum atomic E-state index is -0.611. The lowest BCUT2D eigenvalue weighted by Crippen LogP contribution is -2.50. The first kappa shape index (κ1) is 21.7. The van der Waals surface area contributed by atoms with Crippen LogP contribution in [0, 0.1) is 22.9 Å². The van der Waals surface area contributed by atoms with Crippen LogP contribution in [-0.2, 0) is 4.79 Å². The van der Waals surface area contributed by atoms with Gasteiger partial charge in [-0.1, -0.05) is 17.7 Å². The number of nitro benzene ring substituents is 1. The molecule has 1 N–H and O–H groups in total. The van der Waals surface area contributed by atoms with Crippen molar-refractivity contribution in [2.45, 2.75) is 6.92 Å². The molecule has 1 fully saturated rings. The Hall–Kier alpha value is -3.04. The van der Waals surface area contributed by atoms with Gasteiger partial charge in [0.1, 0.15) is 11.5 Å². The molecule has 10 heteroatoms. The third kappa shape index (κ3) is 5.11. The van der Waals surface area contributed by atoms with Gasteiger partial charge in [-0.2, -0.15) is 0 Å². The quantitative estimate of drug-likeness (QED) is 0.576. The van der Waals surface area contributed by atoms with E-state index < -0.39 is 16.6 Å². The molecule has 0 unspecified atom stereocenters. The number of nitro groups is 1. The summed E-state index contributed by atoms with van der Waals surface area (Å²) in [5, 5.41) is 13.9. The van der Waals surface area contributed by atoms with Gasteiger partial charge >= 0.3 is 0 Å². The standard InChI is InChI=1S/C20H20ClFN4O4/c1-13-2-3-14(10-16(13)22)20(28)25-8-6-24(7-9-25)12-19(27)23-17-5-4-15(21)11-18(17)26(29)30/h2-5,10-11H,6-9,12H2,1H3,(H,23,27). The van der Waals surface area contributed by atoms with E-state index in [1.165, 1.54) is 24.3 Å². The van der Waals surface area contributed by atoms with Crippen LogP contribution >= 0.6 is 11.6 Å². The van der Waals surface area contributed by atoms with Crippen LogP contribution in [0.3, 0.4) is 0 Å². The molecule has 0 saturated carbocycles. The van der Waals surface area contributed by atoms with Gasteiger partial charge in [-0.15, -0.1) is 0 Å². The molecule has 3 rings (SSSR count). The first-order valence-corrected chi connectivity index (χ1v) is 9.64. The highest BCUT2D eigenvalue weighted by Crippen LogP contribution is 2.27. The average Bonchev–Trinajstić information content (AvgIpc) is 2.71. The van der Waals surface area contributed by atoms with Gasteiger partial charge in [0.2, 0.25) is 5.91 Å². The summed E-state index contributed by atoms with van der Waals surface area (Å²) in [5.74, 6) is -1.08. The van der Waals surface area contributed by atoms with E-state index in [1.807, 2.05) is 4.90 Å². The maximum absolute atomic E-state index is 13.7. The van der Waals surface area contributed by atoms with Crippen molar-refractivity contribution < 1.29 is 18.9 Å². The number of piperazine rings is 1. The van der Waals surface area contributed by atoms with E-state index in [2.05, 4.69) is 5.32 Å². The van der Waals surface area contributed by atoms with Crippen molar-refractivity contribution in [3.05, 3.63) is 68.5 Å². The third-order valence-corrected chi connectivity index (χ3v) is 5.11. The minimum Gasteiger partial charge on any atom is -0.336 e. The van der Waals surface area contributed by atoms with Crippen LogP contribution in [0.1, 0.15) is 15.9 Å². The molecule has 158 valence electrons. The number of carbonyl (C=O) groups excluding carboxylic acids is 2. The number of hydrogen-bond donors (Lipinski definition) is 1. The summed E-state index contributed by atoms with van der Waals surface area (Å²) >= 11 is 5.77. The molecule has 0 aromatic heterocycles. The molecular weight excluding hydrogens is 415 g/mol. The van der Waals surface area contributed by atoms with Gasteiger partial charge in [-0.3, -0.25) is 24.6 Å².